The van der Waals surface area contributed by atoms with Gasteiger partial charge < -0.3 is 4.57 Å². The second kappa shape index (κ2) is 11.2. The summed E-state index contributed by atoms with van der Waals surface area (Å²) in [5.41, 5.74) is 6.37. The van der Waals surface area contributed by atoms with Crippen molar-refractivity contribution in [3.05, 3.63) is 158 Å². The predicted molar refractivity (Wildman–Crippen MR) is 216 cm³/mol. The van der Waals surface area contributed by atoms with Crippen LogP contribution in [-0.4, -0.2) is 19.5 Å². The van der Waals surface area contributed by atoms with Crippen LogP contribution in [0, 0.1) is 0 Å². The van der Waals surface area contributed by atoms with Gasteiger partial charge in [0.25, 0.3) is 0 Å². The molecule has 0 fully saturated rings. The van der Waals surface area contributed by atoms with Gasteiger partial charge in [-0.05, 0) is 36.4 Å². The van der Waals surface area contributed by atoms with Crippen molar-refractivity contribution >= 4 is 84.8 Å². The van der Waals surface area contributed by atoms with Crippen molar-refractivity contribution in [1.29, 1.82) is 0 Å². The van der Waals surface area contributed by atoms with Crippen LogP contribution in [0.15, 0.2) is 158 Å². The molecule has 11 rings (SSSR count). The van der Waals surface area contributed by atoms with Gasteiger partial charge in [0.05, 0.1) is 15.7 Å². The fourth-order valence-corrected chi connectivity index (χ4v) is 9.96. The number of fused-ring (bicyclic) bond motifs is 10. The van der Waals surface area contributed by atoms with E-state index >= 15 is 0 Å². The third kappa shape index (κ3) is 4.40. The maximum atomic E-state index is 5.24. The van der Waals surface area contributed by atoms with Crippen molar-refractivity contribution < 1.29 is 0 Å². The Balaban J connectivity index is 1.17. The number of aromatic nitrogens is 4. The summed E-state index contributed by atoms with van der Waals surface area (Å²) in [5, 5.41) is 7.47. The number of rotatable bonds is 4. The number of benzene rings is 7. The van der Waals surface area contributed by atoms with Crippen LogP contribution in [0.3, 0.4) is 0 Å². The maximum Gasteiger partial charge on any atom is 0.164 e. The maximum absolute atomic E-state index is 5.24. The molecule has 0 aliphatic heterocycles. The molecular formula is C45H26N4S2. The van der Waals surface area contributed by atoms with Crippen LogP contribution < -0.4 is 0 Å². The predicted octanol–water partition coefficient (Wildman–Crippen LogP) is 12.7. The van der Waals surface area contributed by atoms with Crippen LogP contribution in [0.25, 0.3) is 102 Å². The number of para-hydroxylation sites is 1. The first-order valence-corrected chi connectivity index (χ1v) is 18.6. The van der Waals surface area contributed by atoms with Crippen LogP contribution in [0.5, 0.6) is 0 Å². The molecule has 7 aromatic carbocycles. The summed E-state index contributed by atoms with van der Waals surface area (Å²) in [7, 11) is 0. The quantitative estimate of drug-likeness (QED) is 0.185. The molecule has 6 heteroatoms. The molecule has 4 nitrogen and oxygen atoms in total. The lowest BCUT2D eigenvalue weighted by Crippen LogP contribution is -2.01. The SMILES string of the molecule is c1ccc(-c2nc(-c3cccc(-n4c5ccccc5c5ccc6c7ccccc7sc6c54)c3)nc(-c3cccc4sc5ccccc5c34)n2)cc1. The van der Waals surface area contributed by atoms with E-state index in [0.717, 1.165) is 22.4 Å². The van der Waals surface area contributed by atoms with Gasteiger partial charge in [0.2, 0.25) is 0 Å². The van der Waals surface area contributed by atoms with Gasteiger partial charge in [-0.3, -0.25) is 0 Å². The Labute approximate surface area is 300 Å². The molecule has 0 bridgehead atoms. The number of nitrogens with zero attached hydrogens (tertiary/aromatic N) is 4. The minimum atomic E-state index is 0.644. The summed E-state index contributed by atoms with van der Waals surface area (Å²) in [6.45, 7) is 0. The van der Waals surface area contributed by atoms with Gasteiger partial charge in [0.15, 0.2) is 17.5 Å². The van der Waals surface area contributed by atoms with Gasteiger partial charge in [-0.1, -0.05) is 121 Å². The zero-order valence-corrected chi connectivity index (χ0v) is 28.7. The molecule has 4 aromatic heterocycles. The minimum absolute atomic E-state index is 0.644. The lowest BCUT2D eigenvalue weighted by atomic mass is 10.1. The largest absolute Gasteiger partial charge is 0.308 e. The third-order valence-electron chi connectivity index (χ3n) is 9.85. The summed E-state index contributed by atoms with van der Waals surface area (Å²) in [6, 6.07) is 55.9. The Bertz CT molecular complexity index is 3150. The van der Waals surface area contributed by atoms with E-state index in [9.17, 15) is 0 Å². The second-order valence-corrected chi connectivity index (χ2v) is 14.9. The highest BCUT2D eigenvalue weighted by Gasteiger charge is 2.20. The first kappa shape index (κ1) is 28.6. The van der Waals surface area contributed by atoms with E-state index in [1.165, 1.54) is 62.2 Å². The van der Waals surface area contributed by atoms with E-state index in [0.29, 0.717) is 17.5 Å². The summed E-state index contributed by atoms with van der Waals surface area (Å²) in [4.78, 5) is 15.5. The van der Waals surface area contributed by atoms with Crippen molar-refractivity contribution in [3.63, 3.8) is 0 Å². The molecule has 0 amide bonds. The molecule has 0 N–H and O–H groups in total. The standard InChI is InChI=1S/C45H26N4S2/c1-2-12-27(13-3-1)43-46-44(48-45(47-43)35-19-11-23-39-40(35)34-18-6-9-22-38(34)50-39)28-14-10-15-29(26-28)49-36-20-7-4-16-30(36)32-24-25-33-31-17-5-8-21-37(31)51-42(33)41(32)49/h1-26H. The highest BCUT2D eigenvalue weighted by Crippen LogP contribution is 2.44. The molecule has 4 heterocycles. The first-order valence-electron chi connectivity index (χ1n) is 16.9. The van der Waals surface area contributed by atoms with Crippen molar-refractivity contribution in [2.24, 2.45) is 0 Å². The zero-order valence-electron chi connectivity index (χ0n) is 27.1. The summed E-state index contributed by atoms with van der Waals surface area (Å²) >= 11 is 3.67. The minimum Gasteiger partial charge on any atom is -0.308 e. The van der Waals surface area contributed by atoms with Gasteiger partial charge in [-0.25, -0.2) is 15.0 Å². The molecule has 0 aliphatic rings. The van der Waals surface area contributed by atoms with Crippen LogP contribution in [-0.2, 0) is 0 Å². The zero-order chi connectivity index (χ0) is 33.5. The second-order valence-electron chi connectivity index (χ2n) is 12.8. The van der Waals surface area contributed by atoms with Crippen LogP contribution >= 0.6 is 22.7 Å². The number of hydrogen-bond donors (Lipinski definition) is 0. The van der Waals surface area contributed by atoms with Crippen molar-refractivity contribution in [3.8, 4) is 39.9 Å². The molecule has 0 saturated heterocycles. The van der Waals surface area contributed by atoms with Crippen LogP contribution in [0.1, 0.15) is 0 Å². The molecule has 0 saturated carbocycles. The fourth-order valence-electron chi connectivity index (χ4n) is 7.59. The van der Waals surface area contributed by atoms with E-state index in [2.05, 4.69) is 144 Å². The Morgan fingerprint density at radius 3 is 1.90 bits per heavy atom. The molecule has 0 radical (unpaired) electrons. The first-order chi connectivity index (χ1) is 25.3. The molecule has 0 spiro atoms. The number of hydrogen-bond acceptors (Lipinski definition) is 5. The smallest absolute Gasteiger partial charge is 0.164 e. The lowest BCUT2D eigenvalue weighted by molar-refractivity contribution is 1.07. The van der Waals surface area contributed by atoms with Crippen molar-refractivity contribution in [1.82, 2.24) is 19.5 Å². The molecule has 51 heavy (non-hydrogen) atoms. The van der Waals surface area contributed by atoms with E-state index in [1.807, 2.05) is 29.5 Å². The third-order valence-corrected chi connectivity index (χ3v) is 12.2. The molecular weight excluding hydrogens is 661 g/mol. The Morgan fingerprint density at radius 2 is 1.04 bits per heavy atom. The highest BCUT2D eigenvalue weighted by atomic mass is 32.1. The van der Waals surface area contributed by atoms with Gasteiger partial charge in [-0.15, -0.1) is 22.7 Å². The van der Waals surface area contributed by atoms with Crippen molar-refractivity contribution in [2.75, 3.05) is 0 Å². The normalized spacial score (nSPS) is 11.9. The van der Waals surface area contributed by atoms with Gasteiger partial charge in [-0.2, -0.15) is 0 Å². The Morgan fingerprint density at radius 1 is 0.412 bits per heavy atom. The van der Waals surface area contributed by atoms with Gasteiger partial charge >= 0.3 is 0 Å². The van der Waals surface area contributed by atoms with E-state index in [1.54, 1.807) is 11.3 Å². The van der Waals surface area contributed by atoms with Crippen LogP contribution in [0.2, 0.25) is 0 Å². The topological polar surface area (TPSA) is 43.6 Å². The molecule has 0 atom stereocenters. The summed E-state index contributed by atoms with van der Waals surface area (Å²) in [6.07, 6.45) is 0. The molecule has 11 aromatic rings. The van der Waals surface area contributed by atoms with Crippen molar-refractivity contribution in [2.45, 2.75) is 0 Å². The molecule has 238 valence electrons. The van der Waals surface area contributed by atoms with E-state index in [4.69, 9.17) is 15.0 Å². The lowest BCUT2D eigenvalue weighted by Gasteiger charge is -2.12. The molecule has 0 aliphatic carbocycles. The van der Waals surface area contributed by atoms with E-state index in [-0.39, 0.29) is 0 Å². The average Bonchev–Trinajstić information content (AvgIpc) is 3.88. The Hall–Kier alpha value is -6.21. The average molecular weight is 687 g/mol. The molecule has 0 unspecified atom stereocenters. The monoisotopic (exact) mass is 686 g/mol. The summed E-state index contributed by atoms with van der Waals surface area (Å²) in [5.74, 6) is 1.97. The van der Waals surface area contributed by atoms with Crippen LogP contribution in [0.4, 0.5) is 0 Å². The number of thiophene rings is 2. The fraction of sp³-hybridized carbons (Fsp3) is 0. The van der Waals surface area contributed by atoms with E-state index < -0.39 is 0 Å². The van der Waals surface area contributed by atoms with Gasteiger partial charge in [0, 0.05) is 68.8 Å². The highest BCUT2D eigenvalue weighted by molar-refractivity contribution is 7.26. The van der Waals surface area contributed by atoms with Gasteiger partial charge in [0.1, 0.15) is 0 Å². The Kier molecular flexibility index (Phi) is 6.26. The summed E-state index contributed by atoms with van der Waals surface area (Å²) < 4.78 is 7.48.